The summed E-state index contributed by atoms with van der Waals surface area (Å²) in [5, 5.41) is 52.0. The quantitative estimate of drug-likeness (QED) is 0.118. The number of fused-ring (bicyclic) bond motifs is 5. The second-order valence-corrected chi connectivity index (χ2v) is 18.2. The van der Waals surface area contributed by atoms with Gasteiger partial charge in [0.25, 0.3) is 0 Å². The fourth-order valence-electron chi connectivity index (χ4n) is 9.88. The second-order valence-electron chi connectivity index (χ2n) is 17.4. The van der Waals surface area contributed by atoms with E-state index in [1.807, 2.05) is 30.3 Å². The summed E-state index contributed by atoms with van der Waals surface area (Å²) in [6.45, 7) is 10.3. The van der Waals surface area contributed by atoms with Crippen molar-refractivity contribution in [1.82, 2.24) is 5.32 Å². The molecule has 0 spiro atoms. The van der Waals surface area contributed by atoms with Crippen LogP contribution < -0.4 is 5.32 Å². The third-order valence-corrected chi connectivity index (χ3v) is 14.3. The number of aliphatic hydroxyl groups is 4. The first-order chi connectivity index (χ1) is 27.6. The van der Waals surface area contributed by atoms with E-state index in [0.717, 1.165) is 0 Å². The first-order valence-electron chi connectivity index (χ1n) is 19.9. The van der Waals surface area contributed by atoms with Crippen LogP contribution in [0.5, 0.6) is 0 Å². The molecule has 1 unspecified atom stereocenters. The number of hydrogen-bond donors (Lipinski definition) is 5. The number of hydrogen-bond acceptors (Lipinski definition) is 13. The van der Waals surface area contributed by atoms with Gasteiger partial charge in [-0.3, -0.25) is 14.4 Å². The van der Waals surface area contributed by atoms with Gasteiger partial charge < -0.3 is 49.4 Å². The first-order valence-corrected chi connectivity index (χ1v) is 20.2. The molecule has 4 aliphatic rings. The third-order valence-electron chi connectivity index (χ3n) is 13.8. The zero-order chi connectivity index (χ0) is 43.5. The lowest BCUT2D eigenvalue weighted by molar-refractivity contribution is -0.351. The van der Waals surface area contributed by atoms with E-state index in [4.69, 9.17) is 35.3 Å². The maximum Gasteiger partial charge on any atom is 0.338 e. The molecule has 322 valence electrons. The predicted molar refractivity (Wildman–Crippen MR) is 212 cm³/mol. The molecule has 2 aromatic carbocycles. The Balaban J connectivity index is 1.46. The van der Waals surface area contributed by atoms with Crippen LogP contribution in [-0.4, -0.2) is 117 Å². The topological polar surface area (TPSA) is 207 Å². The van der Waals surface area contributed by atoms with Crippen molar-refractivity contribution in [2.75, 3.05) is 13.7 Å². The van der Waals surface area contributed by atoms with Crippen molar-refractivity contribution < 1.29 is 63.3 Å². The average molecular weight is 842 g/mol. The number of halogens is 1. The Labute approximate surface area is 349 Å². The molecule has 0 aromatic heterocycles. The van der Waals surface area contributed by atoms with Crippen LogP contribution in [0.1, 0.15) is 78.5 Å². The molecule has 1 heterocycles. The highest BCUT2D eigenvalue weighted by Crippen LogP contribution is 2.64. The number of ketones is 1. The molecule has 2 aromatic rings. The monoisotopic (exact) mass is 841 g/mol. The van der Waals surface area contributed by atoms with E-state index in [0.29, 0.717) is 11.1 Å². The highest BCUT2D eigenvalue weighted by atomic mass is 35.5. The second kappa shape index (κ2) is 16.3. The molecule has 2 saturated carbocycles. The van der Waals surface area contributed by atoms with E-state index in [1.165, 1.54) is 27.9 Å². The van der Waals surface area contributed by atoms with E-state index in [1.54, 1.807) is 58.0 Å². The van der Waals surface area contributed by atoms with Crippen molar-refractivity contribution in [2.24, 2.45) is 16.7 Å². The number of esters is 2. The van der Waals surface area contributed by atoms with Gasteiger partial charge in [0.05, 0.1) is 43.0 Å². The van der Waals surface area contributed by atoms with Gasteiger partial charge in [0.15, 0.2) is 17.5 Å². The number of ether oxygens (including phenoxy) is 5. The molecule has 59 heavy (non-hydrogen) atoms. The van der Waals surface area contributed by atoms with Crippen molar-refractivity contribution in [3.05, 3.63) is 82.9 Å². The number of rotatable bonds is 12. The van der Waals surface area contributed by atoms with Gasteiger partial charge in [0.2, 0.25) is 5.91 Å². The Morgan fingerprint density at radius 2 is 1.66 bits per heavy atom. The van der Waals surface area contributed by atoms with Crippen LogP contribution in [0, 0.1) is 16.7 Å². The number of benzene rings is 2. The summed E-state index contributed by atoms with van der Waals surface area (Å²) in [6, 6.07) is 16.0. The molecular formula is C44H56ClNO13. The van der Waals surface area contributed by atoms with Crippen molar-refractivity contribution in [3.63, 3.8) is 0 Å². The van der Waals surface area contributed by atoms with Gasteiger partial charge in [0, 0.05) is 38.2 Å². The number of alkyl halides is 1. The minimum Gasteiger partial charge on any atom is -0.456 e. The molecule has 2 bridgehead atoms. The fraction of sp³-hybridized carbons (Fsp3) is 0.591. The first kappa shape index (κ1) is 44.8. The smallest absolute Gasteiger partial charge is 0.338 e. The SMILES string of the molecule is CO[C@@H](C)[C@](C)(Cl)C(=O)N[C@@H](c1ccccc1)[C@@H](O)C(=O)O[C@H]1C[C@@]2(O)[C@@H](OCc3ccccc3)[C@H]3[C@](C)(C(=O)[C@H](O)C(=C1C)C2(C)C)[C@@H](O)CC1OC[C@]13OC(C)=O. The molecule has 0 radical (unpaired) electrons. The van der Waals surface area contributed by atoms with Crippen LogP contribution in [0.15, 0.2) is 71.8 Å². The largest absolute Gasteiger partial charge is 0.456 e. The van der Waals surface area contributed by atoms with Gasteiger partial charge in [-0.15, -0.1) is 11.6 Å². The van der Waals surface area contributed by atoms with Crippen LogP contribution in [0.2, 0.25) is 0 Å². The number of aliphatic hydroxyl groups excluding tert-OH is 3. The fourth-order valence-corrected chi connectivity index (χ4v) is 10.0. The molecular weight excluding hydrogens is 786 g/mol. The van der Waals surface area contributed by atoms with Crippen LogP contribution in [0.25, 0.3) is 0 Å². The van der Waals surface area contributed by atoms with E-state index < -0.39 is 105 Å². The summed E-state index contributed by atoms with van der Waals surface area (Å²) >= 11 is 6.60. The van der Waals surface area contributed by atoms with Crippen molar-refractivity contribution in [3.8, 4) is 0 Å². The van der Waals surface area contributed by atoms with Gasteiger partial charge >= 0.3 is 11.9 Å². The summed E-state index contributed by atoms with van der Waals surface area (Å²) in [5.41, 5.74) is -5.71. The minimum absolute atomic E-state index is 0.0385. The molecule has 3 fully saturated rings. The standard InChI is InChI=1S/C44H56ClNO13/c1-23-28(58-38(52)34(50)32(27-17-13-10-14-18-27)46-39(53)42(7,45)24(2)55-8)20-44(54)37(56-21-26-15-11-9-12-16-26)35-41(6,36(51)33(49)31(23)40(44,4)5)29(48)19-30-43(35,22-57-30)59-25(3)47/h9-18,24,28-30,32-35,37,48-50,54H,19-22H2,1-8H3,(H,46,53)/t24-,28-,29-,30?,32-,33+,34+,35-,37-,41+,42-,43-,44+/m0/s1. The molecule has 3 aliphatic carbocycles. The summed E-state index contributed by atoms with van der Waals surface area (Å²) in [5.74, 6) is -4.72. The Morgan fingerprint density at radius 3 is 2.22 bits per heavy atom. The summed E-state index contributed by atoms with van der Waals surface area (Å²) in [7, 11) is 1.39. The molecule has 13 atom stereocenters. The summed E-state index contributed by atoms with van der Waals surface area (Å²) in [4.78, 5) is 54.0. The van der Waals surface area contributed by atoms with Gasteiger partial charge in [-0.1, -0.05) is 74.5 Å². The molecule has 5 N–H and O–H groups in total. The molecule has 15 heteroatoms. The molecule has 14 nitrogen and oxygen atoms in total. The lowest BCUT2D eigenvalue weighted by atomic mass is 9.44. The zero-order valence-corrected chi connectivity index (χ0v) is 35.4. The Hall–Kier alpha value is -3.73. The number of carbonyl (C=O) groups excluding carboxylic acids is 4. The average Bonchev–Trinajstić information content (AvgIpc) is 3.19. The maximum absolute atomic E-state index is 15.0. The van der Waals surface area contributed by atoms with E-state index in [-0.39, 0.29) is 37.2 Å². The Kier molecular flexibility index (Phi) is 12.4. The van der Waals surface area contributed by atoms with E-state index >= 15 is 0 Å². The lowest BCUT2D eigenvalue weighted by Gasteiger charge is -2.67. The number of amides is 1. The third kappa shape index (κ3) is 7.33. The molecule has 1 saturated heterocycles. The van der Waals surface area contributed by atoms with Crippen LogP contribution in [-0.2, 0) is 49.5 Å². The molecule has 6 rings (SSSR count). The Bertz CT molecular complexity index is 1960. The van der Waals surface area contributed by atoms with Crippen LogP contribution in [0.3, 0.4) is 0 Å². The number of carbonyl (C=O) groups is 4. The highest BCUT2D eigenvalue weighted by molar-refractivity contribution is 6.35. The van der Waals surface area contributed by atoms with Gasteiger partial charge in [0.1, 0.15) is 28.8 Å². The van der Waals surface area contributed by atoms with Crippen LogP contribution in [0.4, 0.5) is 0 Å². The van der Waals surface area contributed by atoms with Crippen molar-refractivity contribution >= 4 is 35.2 Å². The van der Waals surface area contributed by atoms with E-state index in [9.17, 15) is 39.6 Å². The predicted octanol–water partition coefficient (Wildman–Crippen LogP) is 3.24. The highest BCUT2D eigenvalue weighted by Gasteiger charge is 2.77. The number of methoxy groups -OCH3 is 1. The zero-order valence-electron chi connectivity index (χ0n) is 34.6. The number of Topliss-reactive ketones (excluding diaryl/α,β-unsaturated/α-hetero) is 1. The molecule has 1 aliphatic heterocycles. The van der Waals surface area contributed by atoms with Gasteiger partial charge in [-0.2, -0.15) is 0 Å². The van der Waals surface area contributed by atoms with Gasteiger partial charge in [-0.05, 0) is 50.0 Å². The normalized spacial score (nSPS) is 34.9. The van der Waals surface area contributed by atoms with Gasteiger partial charge in [-0.25, -0.2) is 4.79 Å². The Morgan fingerprint density at radius 1 is 1.05 bits per heavy atom. The van der Waals surface area contributed by atoms with Crippen LogP contribution >= 0.6 is 11.6 Å². The van der Waals surface area contributed by atoms with Crippen molar-refractivity contribution in [2.45, 2.75) is 133 Å². The van der Waals surface area contributed by atoms with E-state index in [2.05, 4.69) is 5.32 Å². The molecule has 1 amide bonds. The number of nitrogens with one attached hydrogen (secondary N) is 1. The summed E-state index contributed by atoms with van der Waals surface area (Å²) < 4.78 is 30.1. The van der Waals surface area contributed by atoms with Crippen molar-refractivity contribution in [1.29, 1.82) is 0 Å². The lowest BCUT2D eigenvalue weighted by Crippen LogP contribution is -2.81. The minimum atomic E-state index is -2.13. The maximum atomic E-state index is 15.0. The summed E-state index contributed by atoms with van der Waals surface area (Å²) in [6.07, 6.45) is -10.3.